The van der Waals surface area contributed by atoms with Crippen LogP contribution in [0.4, 0.5) is 5.69 Å². The second-order valence-electron chi connectivity index (χ2n) is 7.06. The summed E-state index contributed by atoms with van der Waals surface area (Å²) >= 11 is 0. The Morgan fingerprint density at radius 2 is 1.93 bits per heavy atom. The summed E-state index contributed by atoms with van der Waals surface area (Å²) in [6.07, 6.45) is 0. The second kappa shape index (κ2) is 8.94. The van der Waals surface area contributed by atoms with Crippen LogP contribution in [-0.2, 0) is 10.0 Å². The average Bonchev–Trinajstić information content (AvgIpc) is 2.61. The van der Waals surface area contributed by atoms with Gasteiger partial charge >= 0.3 is 0 Å². The van der Waals surface area contributed by atoms with Crippen molar-refractivity contribution in [2.45, 2.75) is 31.7 Å². The number of benzene rings is 2. The molecule has 1 aliphatic heterocycles. The molecule has 2 N–H and O–H groups in total. The van der Waals surface area contributed by atoms with Gasteiger partial charge in [-0.3, -0.25) is 9.52 Å². The number of anilines is 1. The first-order chi connectivity index (χ1) is 12.8. The van der Waals surface area contributed by atoms with Gasteiger partial charge in [0.15, 0.2) is 0 Å². The van der Waals surface area contributed by atoms with Crippen molar-refractivity contribution in [2.24, 2.45) is 0 Å². The summed E-state index contributed by atoms with van der Waals surface area (Å²) in [5.74, 6) is -0.143. The number of carbonyl (C=O) groups is 1. The van der Waals surface area contributed by atoms with Gasteiger partial charge in [-0.15, -0.1) is 12.4 Å². The van der Waals surface area contributed by atoms with Gasteiger partial charge < -0.3 is 10.2 Å². The van der Waals surface area contributed by atoms with E-state index >= 15 is 0 Å². The SMILES string of the molecule is Cc1cccc(NS(=O)(=O)c2cc(C(=O)N3CCNC(C)C3)ccc2C)c1.Cl. The lowest BCUT2D eigenvalue weighted by Crippen LogP contribution is -2.51. The molecule has 0 aromatic heterocycles. The van der Waals surface area contributed by atoms with Crippen LogP contribution < -0.4 is 10.0 Å². The van der Waals surface area contributed by atoms with Gasteiger partial charge in [0.2, 0.25) is 0 Å². The van der Waals surface area contributed by atoms with Crippen molar-refractivity contribution >= 4 is 34.0 Å². The van der Waals surface area contributed by atoms with E-state index in [-0.39, 0.29) is 29.3 Å². The molecule has 0 radical (unpaired) electrons. The van der Waals surface area contributed by atoms with E-state index < -0.39 is 10.0 Å². The fourth-order valence-corrected chi connectivity index (χ4v) is 4.56. The molecule has 1 unspecified atom stereocenters. The molecule has 28 heavy (non-hydrogen) atoms. The van der Waals surface area contributed by atoms with Crippen molar-refractivity contribution in [1.82, 2.24) is 10.2 Å². The Hall–Kier alpha value is -2.09. The molecular weight excluding hydrogens is 398 g/mol. The van der Waals surface area contributed by atoms with Crippen LogP contribution in [0.15, 0.2) is 47.4 Å². The van der Waals surface area contributed by atoms with Crippen molar-refractivity contribution in [3.63, 3.8) is 0 Å². The Labute approximate surface area is 172 Å². The van der Waals surface area contributed by atoms with E-state index in [9.17, 15) is 13.2 Å². The standard InChI is InChI=1S/C20H25N3O3S.ClH/c1-14-5-4-6-18(11-14)22-27(25,26)19-12-17(8-7-15(19)2)20(24)23-10-9-21-16(3)13-23;/h4-8,11-12,16,21-22H,9-10,13H2,1-3H3;1H. The highest BCUT2D eigenvalue weighted by atomic mass is 35.5. The minimum Gasteiger partial charge on any atom is -0.336 e. The summed E-state index contributed by atoms with van der Waals surface area (Å²) in [6.45, 7) is 7.61. The summed E-state index contributed by atoms with van der Waals surface area (Å²) in [5, 5.41) is 3.30. The molecule has 2 aromatic carbocycles. The van der Waals surface area contributed by atoms with Gasteiger partial charge in [0.1, 0.15) is 0 Å². The Morgan fingerprint density at radius 3 is 2.61 bits per heavy atom. The molecule has 0 bridgehead atoms. The molecule has 1 heterocycles. The summed E-state index contributed by atoms with van der Waals surface area (Å²) < 4.78 is 28.4. The van der Waals surface area contributed by atoms with E-state index in [0.717, 1.165) is 12.1 Å². The third-order valence-electron chi connectivity index (χ3n) is 4.65. The molecule has 1 fully saturated rings. The highest BCUT2D eigenvalue weighted by molar-refractivity contribution is 7.92. The lowest BCUT2D eigenvalue weighted by molar-refractivity contribution is 0.0709. The predicted octanol–water partition coefficient (Wildman–Crippen LogP) is 2.96. The first-order valence-corrected chi connectivity index (χ1v) is 10.5. The molecular formula is C20H26ClN3O3S. The Morgan fingerprint density at radius 1 is 1.18 bits per heavy atom. The quantitative estimate of drug-likeness (QED) is 0.792. The molecule has 3 rings (SSSR count). The van der Waals surface area contributed by atoms with Gasteiger partial charge in [0.05, 0.1) is 4.90 Å². The maximum absolute atomic E-state index is 12.9. The van der Waals surface area contributed by atoms with Gasteiger partial charge in [-0.25, -0.2) is 8.42 Å². The zero-order valence-corrected chi connectivity index (χ0v) is 17.9. The number of carbonyl (C=O) groups excluding carboxylic acids is 1. The Balaban J connectivity index is 0.00000280. The third-order valence-corrected chi connectivity index (χ3v) is 6.17. The number of aryl methyl sites for hydroxylation is 2. The molecule has 1 atom stereocenters. The monoisotopic (exact) mass is 423 g/mol. The van der Waals surface area contributed by atoms with Crippen molar-refractivity contribution in [3.8, 4) is 0 Å². The number of hydrogen-bond acceptors (Lipinski definition) is 4. The molecule has 1 amide bonds. The molecule has 0 spiro atoms. The van der Waals surface area contributed by atoms with Gasteiger partial charge in [0, 0.05) is 36.9 Å². The molecule has 2 aromatic rings. The van der Waals surface area contributed by atoms with E-state index in [0.29, 0.717) is 29.9 Å². The smallest absolute Gasteiger partial charge is 0.262 e. The van der Waals surface area contributed by atoms with E-state index in [2.05, 4.69) is 10.0 Å². The highest BCUT2D eigenvalue weighted by Gasteiger charge is 2.24. The molecule has 0 aliphatic carbocycles. The van der Waals surface area contributed by atoms with Crippen molar-refractivity contribution in [2.75, 3.05) is 24.4 Å². The van der Waals surface area contributed by atoms with Crippen LogP contribution in [0, 0.1) is 13.8 Å². The normalized spacial score (nSPS) is 17.0. The first-order valence-electron chi connectivity index (χ1n) is 8.99. The molecule has 1 aliphatic rings. The molecule has 6 nitrogen and oxygen atoms in total. The third kappa shape index (κ3) is 5.04. The zero-order valence-electron chi connectivity index (χ0n) is 16.2. The van der Waals surface area contributed by atoms with Crippen LogP contribution in [-0.4, -0.2) is 44.9 Å². The Kier molecular flexibility index (Phi) is 7.09. The van der Waals surface area contributed by atoms with E-state index in [1.807, 2.05) is 19.9 Å². The molecule has 152 valence electrons. The van der Waals surface area contributed by atoms with Crippen molar-refractivity contribution < 1.29 is 13.2 Å². The molecule has 0 saturated carbocycles. The topological polar surface area (TPSA) is 78.5 Å². The van der Waals surface area contributed by atoms with Crippen LogP contribution in [0.25, 0.3) is 0 Å². The number of amides is 1. The van der Waals surface area contributed by atoms with Gasteiger partial charge in [-0.05, 0) is 56.2 Å². The number of piperazine rings is 1. The highest BCUT2D eigenvalue weighted by Crippen LogP contribution is 2.22. The van der Waals surface area contributed by atoms with Crippen molar-refractivity contribution in [3.05, 3.63) is 59.2 Å². The van der Waals surface area contributed by atoms with Gasteiger partial charge in [-0.2, -0.15) is 0 Å². The molecule has 1 saturated heterocycles. The largest absolute Gasteiger partial charge is 0.336 e. The number of nitrogens with zero attached hydrogens (tertiary/aromatic N) is 1. The second-order valence-corrected chi connectivity index (χ2v) is 8.71. The lowest BCUT2D eigenvalue weighted by atomic mass is 10.1. The number of nitrogens with one attached hydrogen (secondary N) is 2. The minimum absolute atomic E-state index is 0. The van der Waals surface area contributed by atoms with Crippen LogP contribution in [0.1, 0.15) is 28.4 Å². The van der Waals surface area contributed by atoms with E-state index in [1.165, 1.54) is 6.07 Å². The van der Waals surface area contributed by atoms with Gasteiger partial charge in [-0.1, -0.05) is 18.2 Å². The lowest BCUT2D eigenvalue weighted by Gasteiger charge is -2.32. The van der Waals surface area contributed by atoms with Crippen LogP contribution >= 0.6 is 12.4 Å². The van der Waals surface area contributed by atoms with Gasteiger partial charge in [0.25, 0.3) is 15.9 Å². The molecule has 8 heteroatoms. The van der Waals surface area contributed by atoms with Crippen LogP contribution in [0.5, 0.6) is 0 Å². The summed E-state index contributed by atoms with van der Waals surface area (Å²) in [5.41, 5.74) is 2.45. The summed E-state index contributed by atoms with van der Waals surface area (Å²) in [4.78, 5) is 14.7. The fraction of sp³-hybridized carbons (Fsp3) is 0.350. The number of halogens is 1. The number of rotatable bonds is 4. The van der Waals surface area contributed by atoms with Crippen LogP contribution in [0.3, 0.4) is 0 Å². The van der Waals surface area contributed by atoms with Crippen LogP contribution in [0.2, 0.25) is 0 Å². The van der Waals surface area contributed by atoms with E-state index in [4.69, 9.17) is 0 Å². The maximum atomic E-state index is 12.9. The van der Waals surface area contributed by atoms with E-state index in [1.54, 1.807) is 42.2 Å². The minimum atomic E-state index is -3.79. The zero-order chi connectivity index (χ0) is 19.6. The number of hydrogen-bond donors (Lipinski definition) is 2. The maximum Gasteiger partial charge on any atom is 0.262 e. The van der Waals surface area contributed by atoms with Crippen molar-refractivity contribution in [1.29, 1.82) is 0 Å². The first kappa shape index (κ1) is 22.2. The fourth-order valence-electron chi connectivity index (χ4n) is 3.24. The predicted molar refractivity (Wildman–Crippen MR) is 114 cm³/mol. The Bertz CT molecular complexity index is 963. The summed E-state index contributed by atoms with van der Waals surface area (Å²) in [7, 11) is -3.79. The average molecular weight is 424 g/mol. The summed E-state index contributed by atoms with van der Waals surface area (Å²) in [6, 6.07) is 12.2. The number of sulfonamides is 1.